The third-order valence-electron chi connectivity index (χ3n) is 19.9. The first kappa shape index (κ1) is 59.8. The van der Waals surface area contributed by atoms with Crippen LogP contribution >= 0.6 is 0 Å². The Bertz CT molecular complexity index is 4560. The highest BCUT2D eigenvalue weighted by molar-refractivity contribution is 7.00. The molecule has 0 bridgehead atoms. The zero-order valence-corrected chi connectivity index (χ0v) is 56.5. The van der Waals surface area contributed by atoms with Crippen molar-refractivity contribution in [3.8, 4) is 16.8 Å². The molecule has 0 saturated carbocycles. The van der Waals surface area contributed by atoms with Gasteiger partial charge < -0.3 is 23.7 Å². The molecule has 0 unspecified atom stereocenters. The van der Waals surface area contributed by atoms with Gasteiger partial charge in [0, 0.05) is 56.1 Å². The maximum absolute atomic E-state index is 7.81. The number of rotatable bonds is 7. The van der Waals surface area contributed by atoms with Gasteiger partial charge in [-0.25, -0.2) is 0 Å². The van der Waals surface area contributed by atoms with E-state index in [2.05, 4.69) is 338 Å². The van der Waals surface area contributed by atoms with Gasteiger partial charge in [0.05, 0.1) is 28.3 Å². The molecular formula is C78H84B6N4O. The van der Waals surface area contributed by atoms with Crippen molar-refractivity contribution < 1.29 is 4.42 Å². The van der Waals surface area contributed by atoms with Crippen molar-refractivity contribution in [1.29, 1.82) is 0 Å². The first-order valence-electron chi connectivity index (χ1n) is 32.3. The number of aromatic nitrogens is 1. The fraction of sp³-hybridized carbons (Fsp3) is 0.256. The van der Waals surface area contributed by atoms with Gasteiger partial charge in [0.1, 0.15) is 50.5 Å². The highest BCUT2D eigenvalue weighted by Gasteiger charge is 2.51. The Labute approximate surface area is 535 Å². The zero-order valence-electron chi connectivity index (χ0n) is 56.5. The quantitative estimate of drug-likeness (QED) is 0.149. The van der Waals surface area contributed by atoms with Gasteiger partial charge >= 0.3 is 6.71 Å². The average Bonchev–Trinajstić information content (AvgIpc) is 1.59. The van der Waals surface area contributed by atoms with Crippen LogP contribution in [0.4, 0.5) is 51.2 Å². The van der Waals surface area contributed by atoms with E-state index in [1.54, 1.807) is 0 Å². The summed E-state index contributed by atoms with van der Waals surface area (Å²) in [6.45, 7) is 34.5. The monoisotopic (exact) mass is 1160 g/mol. The summed E-state index contributed by atoms with van der Waals surface area (Å²) in [6, 6.07) is 67.4. The molecule has 0 atom stereocenters. The summed E-state index contributed by atoms with van der Waals surface area (Å²) >= 11 is 0. The average molecular weight is 1160 g/mol. The maximum Gasteiger partial charge on any atom is 0.318 e. The first-order valence-corrected chi connectivity index (χ1v) is 32.3. The van der Waals surface area contributed by atoms with Crippen molar-refractivity contribution >= 4 is 163 Å². The molecule has 440 valence electrons. The van der Waals surface area contributed by atoms with Crippen molar-refractivity contribution in [3.63, 3.8) is 0 Å². The van der Waals surface area contributed by atoms with E-state index >= 15 is 0 Å². The van der Waals surface area contributed by atoms with Crippen LogP contribution in [0, 0.1) is 0 Å². The van der Waals surface area contributed by atoms with Gasteiger partial charge in [-0.3, -0.25) is 0 Å². The molecule has 0 amide bonds. The molecule has 0 spiro atoms. The molecule has 5 nitrogen and oxygen atoms in total. The lowest BCUT2D eigenvalue weighted by atomic mass is 9.37. The lowest BCUT2D eigenvalue weighted by Gasteiger charge is -2.43. The van der Waals surface area contributed by atoms with Crippen molar-refractivity contribution in [2.24, 2.45) is 0 Å². The molecule has 4 heterocycles. The first-order chi connectivity index (χ1) is 41.9. The molecule has 9 aromatic carbocycles. The van der Waals surface area contributed by atoms with Crippen LogP contribution in [0.1, 0.15) is 132 Å². The minimum Gasteiger partial charge on any atom is -0.468 e. The second-order valence-electron chi connectivity index (χ2n) is 30.9. The van der Waals surface area contributed by atoms with Crippen molar-refractivity contribution in [2.75, 3.05) is 14.7 Å². The molecule has 11 heteroatoms. The molecule has 2 aromatic heterocycles. The molecule has 89 heavy (non-hydrogen) atoms. The van der Waals surface area contributed by atoms with Crippen molar-refractivity contribution in [1.82, 2.24) is 4.57 Å². The lowest BCUT2D eigenvalue weighted by molar-refractivity contribution is 0.590. The normalized spacial score (nSPS) is 13.5. The Hall–Kier alpha value is -8.15. The maximum atomic E-state index is 7.81. The molecule has 0 radical (unpaired) electrons. The third-order valence-corrected chi connectivity index (χ3v) is 19.9. The second-order valence-corrected chi connectivity index (χ2v) is 30.9. The van der Waals surface area contributed by atoms with Gasteiger partial charge in [0.25, 0.3) is 0 Å². The topological polar surface area (TPSA) is 27.8 Å². The highest BCUT2D eigenvalue weighted by Crippen LogP contribution is 2.54. The summed E-state index contributed by atoms with van der Waals surface area (Å²) in [4.78, 5) is 7.75. The third kappa shape index (κ3) is 9.92. The van der Waals surface area contributed by atoms with Gasteiger partial charge in [0.15, 0.2) is 0 Å². The number of fused-ring (bicyclic) bond motifs is 8. The Morgan fingerprint density at radius 1 is 0.382 bits per heavy atom. The lowest BCUT2D eigenvalue weighted by Crippen LogP contribution is -2.62. The molecule has 0 N–H and O–H groups in total. The summed E-state index contributed by atoms with van der Waals surface area (Å²) in [5, 5.41) is 2.29. The molecule has 2 aliphatic heterocycles. The Kier molecular flexibility index (Phi) is 14.1. The minimum atomic E-state index is -0.384. The van der Waals surface area contributed by atoms with Gasteiger partial charge in [-0.1, -0.05) is 194 Å². The molecule has 0 saturated heterocycles. The van der Waals surface area contributed by atoms with E-state index in [1.165, 1.54) is 82.7 Å². The van der Waals surface area contributed by atoms with Crippen LogP contribution in [0.15, 0.2) is 180 Å². The van der Waals surface area contributed by atoms with E-state index in [-0.39, 0.29) is 33.8 Å². The Morgan fingerprint density at radius 2 is 0.820 bits per heavy atom. The summed E-state index contributed by atoms with van der Waals surface area (Å²) < 4.78 is 10.4. The SMILES string of the molecule is Bc1c(B)c(B)c(-c2cc(C(C)(C)C)ccc2N2c3cc(N(c4ccccc4)c4ccccc4)cc4c3B(c3oc5ccc(C(C)(C)C)cc5c3N4c3ccc(C(C)(C)C)cc3)c3c2c2cc(C(C)(C)C)ccc2n3-c2ccc(C(C)(C)C)cc2)c(B)c1B. The van der Waals surface area contributed by atoms with Crippen molar-refractivity contribution in [3.05, 3.63) is 204 Å². The van der Waals surface area contributed by atoms with E-state index < -0.39 is 0 Å². The molecule has 11 aromatic rings. The van der Waals surface area contributed by atoms with Gasteiger partial charge in [-0.15, -0.1) is 16.4 Å². The molecule has 0 fully saturated rings. The van der Waals surface area contributed by atoms with Crippen LogP contribution in [0.2, 0.25) is 0 Å². The standard InChI is InChI=1S/C78H84B6N4O/c1-74(2,3)45-26-33-52(34-27-45)86-60-43-54(85(50-22-18-16-19-23-50)51-24-20-17-21-25-51)44-61-69(60)84(73-71(86)57-42-49(78(13,14)15)32-39-62(57)89-73)72-70(56-41-48(77(10,11)12)31-38-59(56)87(72)53-35-28-46(29-36-53)75(4,5)6)88(61)58-37-30-47(76(7,8)9)40-55(58)63-64(79)66(81)68(83)67(82)65(63)80/h16-44H,79-83H2,1-15H3. The number of para-hydroxylation sites is 2. The zero-order chi connectivity index (χ0) is 63.3. The summed E-state index contributed by atoms with van der Waals surface area (Å²) in [6.07, 6.45) is 0. The number of hydrogen-bond acceptors (Lipinski definition) is 4. The largest absolute Gasteiger partial charge is 0.468 e. The number of furan rings is 1. The molecule has 0 aliphatic carbocycles. The number of benzene rings is 9. The van der Waals surface area contributed by atoms with Crippen LogP contribution in [0.25, 0.3) is 38.7 Å². The molecule has 2 aliphatic rings. The summed E-state index contributed by atoms with van der Waals surface area (Å²) in [5.74, 6) is 0. The second kappa shape index (κ2) is 21.0. The van der Waals surface area contributed by atoms with E-state index in [4.69, 9.17) is 4.42 Å². The van der Waals surface area contributed by atoms with E-state index in [0.717, 1.165) is 79.0 Å². The predicted molar refractivity (Wildman–Crippen MR) is 402 cm³/mol. The van der Waals surface area contributed by atoms with Gasteiger partial charge in [-0.2, -0.15) is 0 Å². The van der Waals surface area contributed by atoms with Crippen LogP contribution < -0.4 is 58.7 Å². The van der Waals surface area contributed by atoms with E-state index in [1.807, 2.05) is 0 Å². The highest BCUT2D eigenvalue weighted by atomic mass is 16.3. The van der Waals surface area contributed by atoms with Gasteiger partial charge in [-0.05, 0) is 163 Å². The van der Waals surface area contributed by atoms with E-state index in [0.29, 0.717) is 0 Å². The van der Waals surface area contributed by atoms with Crippen molar-refractivity contribution in [2.45, 2.75) is 131 Å². The predicted octanol–water partition coefficient (Wildman–Crippen LogP) is 11.4. The summed E-state index contributed by atoms with van der Waals surface area (Å²) in [7, 11) is 11.7. The van der Waals surface area contributed by atoms with Crippen LogP contribution in [0.3, 0.4) is 0 Å². The molecule has 13 rings (SSSR count). The van der Waals surface area contributed by atoms with E-state index in [9.17, 15) is 0 Å². The summed E-state index contributed by atoms with van der Waals surface area (Å²) in [5.41, 5.74) is 31.3. The minimum absolute atomic E-state index is 0.0420. The number of nitrogens with zero attached hydrogens (tertiary/aromatic N) is 4. The Morgan fingerprint density at radius 3 is 1.34 bits per heavy atom. The Balaban J connectivity index is 1.29. The fourth-order valence-electron chi connectivity index (χ4n) is 14.2. The number of anilines is 9. The fourth-order valence-corrected chi connectivity index (χ4v) is 14.2. The van der Waals surface area contributed by atoms with Gasteiger partial charge in [0.2, 0.25) is 0 Å². The van der Waals surface area contributed by atoms with Crippen LogP contribution in [-0.2, 0) is 27.1 Å². The smallest absolute Gasteiger partial charge is 0.318 e. The van der Waals surface area contributed by atoms with Crippen LogP contribution in [0.5, 0.6) is 0 Å². The number of hydrogen-bond donors (Lipinski definition) is 0. The molecular weight excluding hydrogens is 1070 g/mol. The van der Waals surface area contributed by atoms with Crippen LogP contribution in [-0.4, -0.2) is 50.5 Å².